The molecule has 0 radical (unpaired) electrons. The zero-order chi connectivity index (χ0) is 15.6. The van der Waals surface area contributed by atoms with Gasteiger partial charge in [-0.25, -0.2) is 0 Å². The minimum atomic E-state index is -0.0773. The monoisotopic (exact) mass is 309 g/mol. The van der Waals surface area contributed by atoms with Gasteiger partial charge in [-0.2, -0.15) is 0 Å². The zero-order valence-corrected chi connectivity index (χ0v) is 13.1. The van der Waals surface area contributed by atoms with E-state index < -0.39 is 0 Å². The van der Waals surface area contributed by atoms with Gasteiger partial charge in [0.05, 0.1) is 13.0 Å². The van der Waals surface area contributed by atoms with E-state index in [0.717, 1.165) is 37.3 Å². The summed E-state index contributed by atoms with van der Waals surface area (Å²) >= 11 is 0. The predicted molar refractivity (Wildman–Crippen MR) is 86.9 cm³/mol. The van der Waals surface area contributed by atoms with Crippen molar-refractivity contribution in [3.8, 4) is 0 Å². The Morgan fingerprint density at radius 2 is 2.22 bits per heavy atom. The molecule has 1 unspecified atom stereocenters. The number of carbonyl (C=O) groups is 1. The number of rotatable bonds is 1. The fourth-order valence-corrected chi connectivity index (χ4v) is 4.76. The van der Waals surface area contributed by atoms with E-state index in [1.165, 1.54) is 23.6 Å². The van der Waals surface area contributed by atoms with E-state index in [9.17, 15) is 4.79 Å². The minimum absolute atomic E-state index is 0.0571. The van der Waals surface area contributed by atoms with Crippen LogP contribution in [0.15, 0.2) is 34.8 Å². The maximum absolute atomic E-state index is 12.3. The number of carbonyl (C=O) groups excluding carboxylic acids is 1. The number of methoxy groups -OCH3 is 1. The number of benzene rings is 1. The smallest absolute Gasteiger partial charge is 0.310 e. The molecular formula is C19H19NO3. The van der Waals surface area contributed by atoms with E-state index in [0.29, 0.717) is 5.92 Å². The van der Waals surface area contributed by atoms with Crippen molar-refractivity contribution in [1.82, 2.24) is 4.90 Å². The van der Waals surface area contributed by atoms with Crippen molar-refractivity contribution in [1.29, 1.82) is 0 Å². The Labute approximate surface area is 134 Å². The van der Waals surface area contributed by atoms with Crippen LogP contribution in [0.1, 0.15) is 17.7 Å². The Morgan fingerprint density at radius 3 is 3.09 bits per heavy atom. The Kier molecular flexibility index (Phi) is 2.74. The van der Waals surface area contributed by atoms with Crippen LogP contribution >= 0.6 is 0 Å². The molecule has 0 N–H and O–H groups in total. The lowest BCUT2D eigenvalue weighted by molar-refractivity contribution is -0.149. The molecule has 1 aromatic heterocycles. The Hall–Kier alpha value is -2.07. The molecule has 1 fully saturated rings. The van der Waals surface area contributed by atoms with Gasteiger partial charge in [0.1, 0.15) is 11.3 Å². The first kappa shape index (κ1) is 13.4. The quantitative estimate of drug-likeness (QED) is 0.760. The molecule has 1 saturated heterocycles. The molecule has 3 aliphatic heterocycles. The molecule has 1 aromatic carbocycles. The van der Waals surface area contributed by atoms with Crippen molar-refractivity contribution in [2.24, 2.45) is 11.8 Å². The maximum atomic E-state index is 12.3. The molecule has 4 atom stereocenters. The second-order valence-electron chi connectivity index (χ2n) is 6.83. The molecule has 4 nitrogen and oxygen atoms in total. The number of hydrogen-bond acceptors (Lipinski definition) is 4. The van der Waals surface area contributed by atoms with Gasteiger partial charge < -0.3 is 9.15 Å². The van der Waals surface area contributed by atoms with E-state index in [2.05, 4.69) is 23.1 Å². The van der Waals surface area contributed by atoms with Gasteiger partial charge in [-0.1, -0.05) is 24.3 Å². The molecule has 0 saturated carbocycles. The molecule has 23 heavy (non-hydrogen) atoms. The first-order valence-electron chi connectivity index (χ1n) is 8.30. The van der Waals surface area contributed by atoms with Crippen molar-refractivity contribution in [2.75, 3.05) is 20.2 Å². The molecular weight excluding hydrogens is 290 g/mol. The average molecular weight is 309 g/mol. The molecule has 4 aliphatic rings. The van der Waals surface area contributed by atoms with Gasteiger partial charge in [0.25, 0.3) is 0 Å². The number of fused-ring (bicyclic) bond motifs is 4. The lowest BCUT2D eigenvalue weighted by atomic mass is 9.72. The van der Waals surface area contributed by atoms with Gasteiger partial charge in [-0.3, -0.25) is 9.69 Å². The summed E-state index contributed by atoms with van der Waals surface area (Å²) in [5.41, 5.74) is 3.45. The highest BCUT2D eigenvalue weighted by molar-refractivity contribution is 5.96. The van der Waals surface area contributed by atoms with Crippen LogP contribution in [0.4, 0.5) is 0 Å². The van der Waals surface area contributed by atoms with Gasteiger partial charge in [-0.15, -0.1) is 0 Å². The number of piperidine rings is 1. The van der Waals surface area contributed by atoms with E-state index in [1.54, 1.807) is 0 Å². The van der Waals surface area contributed by atoms with Gasteiger partial charge in [-0.05, 0) is 24.0 Å². The van der Waals surface area contributed by atoms with Gasteiger partial charge >= 0.3 is 5.97 Å². The summed E-state index contributed by atoms with van der Waals surface area (Å²) in [6.07, 6.45) is 4.19. The van der Waals surface area contributed by atoms with Gasteiger partial charge in [0.15, 0.2) is 0 Å². The lowest BCUT2D eigenvalue weighted by Crippen LogP contribution is -2.54. The minimum Gasteiger partial charge on any atom is -0.469 e. The Balaban J connectivity index is 1.73. The van der Waals surface area contributed by atoms with Crippen molar-refractivity contribution in [3.05, 3.63) is 41.7 Å². The highest BCUT2D eigenvalue weighted by Gasteiger charge is 2.48. The topological polar surface area (TPSA) is 42.7 Å². The van der Waals surface area contributed by atoms with Gasteiger partial charge in [0.2, 0.25) is 0 Å². The van der Waals surface area contributed by atoms with Crippen molar-refractivity contribution < 1.29 is 13.9 Å². The molecule has 0 spiro atoms. The number of esters is 1. The highest BCUT2D eigenvalue weighted by atomic mass is 16.5. The fraction of sp³-hybridized carbons (Fsp3) is 0.421. The van der Waals surface area contributed by atoms with E-state index in [1.807, 2.05) is 12.1 Å². The third-order valence-electron chi connectivity index (χ3n) is 5.62. The van der Waals surface area contributed by atoms with Crippen LogP contribution in [-0.2, 0) is 16.0 Å². The van der Waals surface area contributed by atoms with Crippen LogP contribution in [-0.4, -0.2) is 37.1 Å². The first-order valence-corrected chi connectivity index (χ1v) is 8.30. The average Bonchev–Trinajstić information content (AvgIpc) is 2.92. The third kappa shape index (κ3) is 1.78. The van der Waals surface area contributed by atoms with Gasteiger partial charge in [0, 0.05) is 36.5 Å². The Bertz CT molecular complexity index is 834. The van der Waals surface area contributed by atoms with Crippen LogP contribution in [0.3, 0.4) is 0 Å². The summed E-state index contributed by atoms with van der Waals surface area (Å²) in [6.45, 7) is 1.99. The molecule has 6 rings (SSSR count). The summed E-state index contributed by atoms with van der Waals surface area (Å²) < 4.78 is 11.2. The summed E-state index contributed by atoms with van der Waals surface area (Å²) in [5, 5.41) is 1.17. The highest BCUT2D eigenvalue weighted by Crippen LogP contribution is 2.48. The fourth-order valence-electron chi connectivity index (χ4n) is 4.76. The zero-order valence-electron chi connectivity index (χ0n) is 13.1. The first-order chi connectivity index (χ1) is 11.3. The largest absolute Gasteiger partial charge is 0.469 e. The SMILES string of the molecule is COC(=O)[C@@H]1C[C@H]2C=C3c4c(oc5ccccc45)CCN(C2)[C@@H]31. The molecule has 2 aromatic rings. The van der Waals surface area contributed by atoms with Crippen molar-refractivity contribution in [3.63, 3.8) is 0 Å². The van der Waals surface area contributed by atoms with Crippen LogP contribution in [0.5, 0.6) is 0 Å². The number of furan rings is 1. The summed E-state index contributed by atoms with van der Waals surface area (Å²) in [6, 6.07) is 8.36. The maximum Gasteiger partial charge on any atom is 0.310 e. The second-order valence-corrected chi connectivity index (χ2v) is 6.83. The number of para-hydroxylation sites is 1. The van der Waals surface area contributed by atoms with Crippen LogP contribution in [0.25, 0.3) is 16.5 Å². The van der Waals surface area contributed by atoms with E-state index in [4.69, 9.17) is 9.15 Å². The third-order valence-corrected chi connectivity index (χ3v) is 5.62. The second kappa shape index (κ2) is 4.71. The number of hydrogen-bond donors (Lipinski definition) is 0. The number of ether oxygens (including phenoxy) is 1. The lowest BCUT2D eigenvalue weighted by Gasteiger charge is -2.47. The van der Waals surface area contributed by atoms with E-state index in [-0.39, 0.29) is 17.9 Å². The molecule has 118 valence electrons. The standard InChI is InChI=1S/C19H19NO3/c1-22-19(21)14-9-11-8-13-17-12-4-2-3-5-15(12)23-16(17)6-7-20(10-11)18(13)14/h2-5,8,11,14,18H,6-7,9-10H2,1H3/t11-,14-,18+/m1/s1. The van der Waals surface area contributed by atoms with Crippen molar-refractivity contribution >= 4 is 22.5 Å². The van der Waals surface area contributed by atoms with Crippen LogP contribution < -0.4 is 0 Å². The summed E-state index contributed by atoms with van der Waals surface area (Å²) in [5.74, 6) is 1.36. The molecule has 4 heterocycles. The van der Waals surface area contributed by atoms with Crippen molar-refractivity contribution in [2.45, 2.75) is 18.9 Å². The predicted octanol–water partition coefficient (Wildman–Crippen LogP) is 2.87. The normalized spacial score (nSPS) is 31.4. The number of nitrogens with zero attached hydrogens (tertiary/aromatic N) is 1. The molecule has 1 aliphatic carbocycles. The van der Waals surface area contributed by atoms with Crippen LogP contribution in [0.2, 0.25) is 0 Å². The molecule has 0 amide bonds. The van der Waals surface area contributed by atoms with E-state index >= 15 is 0 Å². The van der Waals surface area contributed by atoms with Crippen LogP contribution in [0, 0.1) is 11.8 Å². The Morgan fingerprint density at radius 1 is 1.35 bits per heavy atom. The molecule has 4 heteroatoms. The molecule has 4 bridgehead atoms. The summed E-state index contributed by atoms with van der Waals surface area (Å²) in [7, 11) is 1.50. The summed E-state index contributed by atoms with van der Waals surface area (Å²) in [4.78, 5) is 14.8.